The van der Waals surface area contributed by atoms with Crippen molar-refractivity contribution < 1.29 is 14.6 Å². The number of ether oxygens (including phenoxy) is 1. The predicted octanol–water partition coefficient (Wildman–Crippen LogP) is 1.77. The Balaban J connectivity index is 0.00000225. The fourth-order valence-corrected chi connectivity index (χ4v) is 1.24. The van der Waals surface area contributed by atoms with Crippen molar-refractivity contribution in [1.29, 1.82) is 0 Å². The average Bonchev–Trinajstić information content (AvgIpc) is 2.18. The van der Waals surface area contributed by atoms with E-state index in [0.717, 1.165) is 5.56 Å². The second kappa shape index (κ2) is 7.09. The van der Waals surface area contributed by atoms with Crippen LogP contribution in [0.3, 0.4) is 0 Å². The first kappa shape index (κ1) is 14.7. The Labute approximate surface area is 101 Å². The smallest absolute Gasteiger partial charge is 0.307 e. The van der Waals surface area contributed by atoms with E-state index >= 15 is 0 Å². The van der Waals surface area contributed by atoms with Gasteiger partial charge in [0.2, 0.25) is 0 Å². The zero-order valence-corrected chi connectivity index (χ0v) is 9.87. The van der Waals surface area contributed by atoms with Crippen LogP contribution in [-0.4, -0.2) is 17.7 Å². The summed E-state index contributed by atoms with van der Waals surface area (Å²) in [5.74, 6) is -0.125. The molecule has 1 aromatic rings. The van der Waals surface area contributed by atoms with E-state index in [-0.39, 0.29) is 36.6 Å². The first-order valence-electron chi connectivity index (χ1n) is 4.83. The van der Waals surface area contributed by atoms with Gasteiger partial charge in [-0.2, -0.15) is 0 Å². The summed E-state index contributed by atoms with van der Waals surface area (Å²) in [5, 5.41) is 9.07. The molecule has 0 aliphatic carbocycles. The molecule has 0 heterocycles. The van der Waals surface area contributed by atoms with Gasteiger partial charge in [-0.3, -0.25) is 4.79 Å². The lowest BCUT2D eigenvalue weighted by Crippen LogP contribution is -2.17. The first-order chi connectivity index (χ1) is 7.13. The van der Waals surface area contributed by atoms with E-state index in [1.54, 1.807) is 31.2 Å². The van der Waals surface area contributed by atoms with E-state index in [2.05, 4.69) is 0 Å². The number of aromatic hydroxyl groups is 1. The molecular formula is C11H16ClNO3. The van der Waals surface area contributed by atoms with Crippen molar-refractivity contribution >= 4 is 18.4 Å². The molecule has 1 rings (SSSR count). The molecule has 3 N–H and O–H groups in total. The summed E-state index contributed by atoms with van der Waals surface area (Å²) in [5.41, 5.74) is 6.60. The number of esters is 1. The van der Waals surface area contributed by atoms with E-state index < -0.39 is 0 Å². The number of hydrogen-bond acceptors (Lipinski definition) is 4. The summed E-state index contributed by atoms with van der Waals surface area (Å²) in [6, 6.07) is 6.09. The molecule has 0 saturated heterocycles. The number of halogens is 1. The lowest BCUT2D eigenvalue weighted by molar-refractivity contribution is -0.143. The molecule has 0 unspecified atom stereocenters. The molecule has 0 aromatic heterocycles. The average molecular weight is 246 g/mol. The van der Waals surface area contributed by atoms with Gasteiger partial charge in [0.1, 0.15) is 5.75 Å². The zero-order valence-electron chi connectivity index (χ0n) is 9.05. The number of carbonyl (C=O) groups excluding carboxylic acids is 1. The Morgan fingerprint density at radius 3 is 2.50 bits per heavy atom. The molecule has 0 bridgehead atoms. The van der Waals surface area contributed by atoms with E-state index in [0.29, 0.717) is 6.61 Å². The first-order valence-corrected chi connectivity index (χ1v) is 4.83. The summed E-state index contributed by atoms with van der Waals surface area (Å²) < 4.78 is 4.79. The molecule has 5 heteroatoms. The Hall–Kier alpha value is -1.26. The van der Waals surface area contributed by atoms with Gasteiger partial charge in [0.15, 0.2) is 0 Å². The van der Waals surface area contributed by atoms with Crippen molar-refractivity contribution in [2.24, 2.45) is 5.73 Å². The number of carbonyl (C=O) groups is 1. The van der Waals surface area contributed by atoms with E-state index in [9.17, 15) is 4.79 Å². The third-order valence-corrected chi connectivity index (χ3v) is 2.01. The van der Waals surface area contributed by atoms with E-state index in [4.69, 9.17) is 15.6 Å². The number of phenols is 1. The van der Waals surface area contributed by atoms with Crippen LogP contribution in [-0.2, 0) is 9.53 Å². The van der Waals surface area contributed by atoms with Crippen molar-refractivity contribution in [3.63, 3.8) is 0 Å². The summed E-state index contributed by atoms with van der Waals surface area (Å²) in [4.78, 5) is 11.1. The van der Waals surface area contributed by atoms with Crippen molar-refractivity contribution in [1.82, 2.24) is 0 Å². The third-order valence-electron chi connectivity index (χ3n) is 2.01. The molecule has 0 aliphatic heterocycles. The minimum atomic E-state index is -0.385. The maximum absolute atomic E-state index is 11.1. The van der Waals surface area contributed by atoms with Crippen LogP contribution in [0.4, 0.5) is 0 Å². The minimum absolute atomic E-state index is 0. The van der Waals surface area contributed by atoms with Gasteiger partial charge in [-0.05, 0) is 24.6 Å². The summed E-state index contributed by atoms with van der Waals surface area (Å²) >= 11 is 0. The second-order valence-electron chi connectivity index (χ2n) is 3.21. The molecule has 0 amide bonds. The van der Waals surface area contributed by atoms with Crippen molar-refractivity contribution in [3.8, 4) is 5.75 Å². The molecule has 0 radical (unpaired) electrons. The normalized spacial score (nSPS) is 11.4. The largest absolute Gasteiger partial charge is 0.508 e. The molecule has 1 atom stereocenters. The van der Waals surface area contributed by atoms with Gasteiger partial charge < -0.3 is 15.6 Å². The molecular weight excluding hydrogens is 230 g/mol. The number of hydrogen-bond donors (Lipinski definition) is 2. The molecule has 90 valence electrons. The summed E-state index contributed by atoms with van der Waals surface area (Å²) in [6.45, 7) is 2.12. The quantitative estimate of drug-likeness (QED) is 0.793. The maximum Gasteiger partial charge on any atom is 0.307 e. The number of nitrogens with two attached hydrogens (primary N) is 1. The van der Waals surface area contributed by atoms with Crippen LogP contribution in [0.15, 0.2) is 24.3 Å². The topological polar surface area (TPSA) is 72.5 Å². The van der Waals surface area contributed by atoms with Crippen molar-refractivity contribution in [3.05, 3.63) is 29.8 Å². The number of phenolic OH excluding ortho intramolecular Hbond substituents is 1. The van der Waals surface area contributed by atoms with Gasteiger partial charge >= 0.3 is 5.97 Å². The molecule has 0 spiro atoms. The standard InChI is InChI=1S/C11H15NO3.ClH/c1-2-15-11(14)7-10(12)8-3-5-9(13)6-4-8;/h3-6,10,13H,2,7,12H2,1H3;1H/t10-;/m1./s1. The Kier molecular flexibility index (Phi) is 6.53. The van der Waals surface area contributed by atoms with Gasteiger partial charge in [-0.1, -0.05) is 12.1 Å². The molecule has 0 fully saturated rings. The van der Waals surface area contributed by atoms with Crippen molar-refractivity contribution in [2.75, 3.05) is 6.61 Å². The van der Waals surface area contributed by atoms with Gasteiger partial charge in [-0.25, -0.2) is 0 Å². The molecule has 0 saturated carbocycles. The minimum Gasteiger partial charge on any atom is -0.508 e. The van der Waals surface area contributed by atoms with Crippen molar-refractivity contribution in [2.45, 2.75) is 19.4 Å². The predicted molar refractivity (Wildman–Crippen MR) is 63.5 cm³/mol. The highest BCUT2D eigenvalue weighted by Crippen LogP contribution is 2.17. The van der Waals surface area contributed by atoms with Crippen LogP contribution in [0.25, 0.3) is 0 Å². The highest BCUT2D eigenvalue weighted by atomic mass is 35.5. The lowest BCUT2D eigenvalue weighted by Gasteiger charge is -2.10. The lowest BCUT2D eigenvalue weighted by atomic mass is 10.0. The Morgan fingerprint density at radius 1 is 1.44 bits per heavy atom. The maximum atomic E-state index is 11.1. The Bertz CT molecular complexity index is 327. The van der Waals surface area contributed by atoms with Crippen LogP contribution >= 0.6 is 12.4 Å². The highest BCUT2D eigenvalue weighted by molar-refractivity contribution is 5.85. The van der Waals surface area contributed by atoms with Gasteiger partial charge in [-0.15, -0.1) is 12.4 Å². The van der Waals surface area contributed by atoms with E-state index in [1.807, 2.05) is 0 Å². The van der Waals surface area contributed by atoms with Gasteiger partial charge in [0, 0.05) is 6.04 Å². The van der Waals surface area contributed by atoms with Gasteiger partial charge in [0.25, 0.3) is 0 Å². The Morgan fingerprint density at radius 2 is 2.00 bits per heavy atom. The zero-order chi connectivity index (χ0) is 11.3. The van der Waals surface area contributed by atoms with E-state index in [1.165, 1.54) is 0 Å². The SMILES string of the molecule is CCOC(=O)C[C@@H](N)c1ccc(O)cc1.Cl. The third kappa shape index (κ3) is 4.51. The molecule has 1 aromatic carbocycles. The van der Waals surface area contributed by atoms with Gasteiger partial charge in [0.05, 0.1) is 13.0 Å². The summed E-state index contributed by atoms with van der Waals surface area (Å²) in [6.07, 6.45) is 0.151. The van der Waals surface area contributed by atoms with Crippen LogP contribution < -0.4 is 5.73 Å². The summed E-state index contributed by atoms with van der Waals surface area (Å²) in [7, 11) is 0. The fraction of sp³-hybridized carbons (Fsp3) is 0.364. The van der Waals surface area contributed by atoms with Crippen LogP contribution in [0.2, 0.25) is 0 Å². The van der Waals surface area contributed by atoms with Crippen LogP contribution in [0.1, 0.15) is 24.9 Å². The molecule has 16 heavy (non-hydrogen) atoms. The van der Waals surface area contributed by atoms with Crippen LogP contribution in [0.5, 0.6) is 5.75 Å². The second-order valence-corrected chi connectivity index (χ2v) is 3.21. The molecule has 4 nitrogen and oxygen atoms in total. The molecule has 0 aliphatic rings. The number of rotatable bonds is 4. The highest BCUT2D eigenvalue weighted by Gasteiger charge is 2.11. The number of benzene rings is 1. The van der Waals surface area contributed by atoms with Crippen LogP contribution in [0, 0.1) is 0 Å². The monoisotopic (exact) mass is 245 g/mol. The fourth-order valence-electron chi connectivity index (χ4n) is 1.24.